The first-order valence-electron chi connectivity index (χ1n) is 6.86. The van der Waals surface area contributed by atoms with Gasteiger partial charge >= 0.3 is 5.97 Å². The number of pyridine rings is 1. The van der Waals surface area contributed by atoms with Crippen molar-refractivity contribution in [1.82, 2.24) is 4.98 Å². The number of nitrogens with zero attached hydrogens (tertiary/aromatic N) is 1. The van der Waals surface area contributed by atoms with Crippen LogP contribution in [0.3, 0.4) is 0 Å². The predicted octanol–water partition coefficient (Wildman–Crippen LogP) is 2.74. The minimum atomic E-state index is -1.03. The third-order valence-electron chi connectivity index (χ3n) is 3.85. The Morgan fingerprint density at radius 3 is 3.00 bits per heavy atom. The number of nitrogen functional groups attached to an aromatic ring is 1. The van der Waals surface area contributed by atoms with Gasteiger partial charge in [-0.15, -0.1) is 0 Å². The Morgan fingerprint density at radius 1 is 1.53 bits per heavy atom. The molecule has 2 atom stereocenters. The number of nitrogens with one attached hydrogen (secondary N) is 1. The van der Waals surface area contributed by atoms with E-state index in [4.69, 9.17) is 10.8 Å². The molecule has 1 fully saturated rings. The Morgan fingerprint density at radius 2 is 2.32 bits per heavy atom. The van der Waals surface area contributed by atoms with Crippen LogP contribution in [0, 0.1) is 5.92 Å². The van der Waals surface area contributed by atoms with Crippen LogP contribution in [-0.2, 0) is 0 Å². The van der Waals surface area contributed by atoms with Crippen LogP contribution in [0.2, 0.25) is 0 Å². The zero-order chi connectivity index (χ0) is 13.8. The second kappa shape index (κ2) is 5.91. The van der Waals surface area contributed by atoms with E-state index in [9.17, 15) is 4.79 Å². The standard InChI is InChI=1S/C14H21N3O2/c1-2-9-4-3-5-10(8-9)16-13-11(15)6-7-12(17-13)14(18)19/h6-7,9-10H,2-5,8,15H2,1H3,(H,16,17)(H,18,19). The van der Waals surface area contributed by atoms with Gasteiger partial charge in [0.1, 0.15) is 5.82 Å². The van der Waals surface area contributed by atoms with Crippen LogP contribution in [0.15, 0.2) is 12.1 Å². The molecule has 1 saturated carbocycles. The third kappa shape index (κ3) is 3.36. The molecule has 19 heavy (non-hydrogen) atoms. The van der Waals surface area contributed by atoms with Gasteiger partial charge in [-0.05, 0) is 30.9 Å². The van der Waals surface area contributed by atoms with E-state index < -0.39 is 5.97 Å². The normalized spacial score (nSPS) is 23.0. The average Bonchev–Trinajstić information content (AvgIpc) is 2.41. The van der Waals surface area contributed by atoms with Gasteiger partial charge in [0, 0.05) is 6.04 Å². The lowest BCUT2D eigenvalue weighted by Gasteiger charge is -2.29. The van der Waals surface area contributed by atoms with E-state index in [-0.39, 0.29) is 5.69 Å². The molecule has 4 N–H and O–H groups in total. The number of anilines is 2. The number of hydrogen-bond donors (Lipinski definition) is 3. The summed E-state index contributed by atoms with van der Waals surface area (Å²) in [6.07, 6.45) is 5.88. The van der Waals surface area contributed by atoms with Crippen molar-refractivity contribution < 1.29 is 9.90 Å². The predicted molar refractivity (Wildman–Crippen MR) is 75.3 cm³/mol. The Balaban J connectivity index is 2.09. The summed E-state index contributed by atoms with van der Waals surface area (Å²) in [5.41, 5.74) is 6.39. The van der Waals surface area contributed by atoms with Gasteiger partial charge in [0.2, 0.25) is 0 Å². The monoisotopic (exact) mass is 263 g/mol. The van der Waals surface area contributed by atoms with Gasteiger partial charge in [-0.25, -0.2) is 9.78 Å². The van der Waals surface area contributed by atoms with Gasteiger partial charge in [-0.3, -0.25) is 0 Å². The number of carboxylic acids is 1. The van der Waals surface area contributed by atoms with Gasteiger partial charge < -0.3 is 16.2 Å². The highest BCUT2D eigenvalue weighted by molar-refractivity contribution is 5.86. The van der Waals surface area contributed by atoms with Crippen LogP contribution in [-0.4, -0.2) is 22.1 Å². The summed E-state index contributed by atoms with van der Waals surface area (Å²) in [5.74, 6) is 0.218. The molecular formula is C14H21N3O2. The molecule has 1 aliphatic carbocycles. The average molecular weight is 263 g/mol. The fourth-order valence-corrected chi connectivity index (χ4v) is 2.69. The molecule has 1 heterocycles. The number of carboxylic acid groups (broad SMARTS) is 1. The van der Waals surface area contributed by atoms with Crippen LogP contribution in [0.4, 0.5) is 11.5 Å². The first-order chi connectivity index (χ1) is 9.10. The molecule has 104 valence electrons. The van der Waals surface area contributed by atoms with Gasteiger partial charge in [0.15, 0.2) is 5.69 Å². The lowest BCUT2D eigenvalue weighted by molar-refractivity contribution is 0.0690. The Bertz CT molecular complexity index is 462. The van der Waals surface area contributed by atoms with Crippen LogP contribution < -0.4 is 11.1 Å². The molecule has 0 radical (unpaired) electrons. The topological polar surface area (TPSA) is 88.2 Å². The summed E-state index contributed by atoms with van der Waals surface area (Å²) in [4.78, 5) is 15.0. The fraction of sp³-hybridized carbons (Fsp3) is 0.571. The summed E-state index contributed by atoms with van der Waals surface area (Å²) < 4.78 is 0. The van der Waals surface area contributed by atoms with Crippen LogP contribution in [0.1, 0.15) is 49.5 Å². The number of rotatable bonds is 4. The Hall–Kier alpha value is -1.78. The molecular weight excluding hydrogens is 242 g/mol. The number of hydrogen-bond acceptors (Lipinski definition) is 4. The zero-order valence-corrected chi connectivity index (χ0v) is 11.2. The molecule has 0 saturated heterocycles. The third-order valence-corrected chi connectivity index (χ3v) is 3.85. The highest BCUT2D eigenvalue weighted by Crippen LogP contribution is 2.29. The largest absolute Gasteiger partial charge is 0.477 e. The molecule has 2 unspecified atom stereocenters. The zero-order valence-electron chi connectivity index (χ0n) is 11.2. The van der Waals surface area contributed by atoms with Crippen LogP contribution in [0.5, 0.6) is 0 Å². The Labute approximate surface area is 113 Å². The number of carbonyl (C=O) groups is 1. The molecule has 2 rings (SSSR count). The van der Waals surface area contributed by atoms with Crippen LogP contribution in [0.25, 0.3) is 0 Å². The van der Waals surface area contributed by atoms with Gasteiger partial charge in [-0.1, -0.05) is 26.2 Å². The van der Waals surface area contributed by atoms with E-state index in [0.717, 1.165) is 18.8 Å². The smallest absolute Gasteiger partial charge is 0.354 e. The minimum Gasteiger partial charge on any atom is -0.477 e. The highest BCUT2D eigenvalue weighted by Gasteiger charge is 2.21. The quantitative estimate of drug-likeness (QED) is 0.777. The molecule has 0 aliphatic heterocycles. The number of nitrogens with two attached hydrogens (primary N) is 1. The molecule has 0 bridgehead atoms. The minimum absolute atomic E-state index is 0.0274. The first-order valence-corrected chi connectivity index (χ1v) is 6.86. The second-order valence-electron chi connectivity index (χ2n) is 5.22. The highest BCUT2D eigenvalue weighted by atomic mass is 16.4. The SMILES string of the molecule is CCC1CCCC(Nc2nc(C(=O)O)ccc2N)C1. The van der Waals surface area contributed by atoms with E-state index in [0.29, 0.717) is 17.5 Å². The first kappa shape index (κ1) is 13.6. The lowest BCUT2D eigenvalue weighted by Crippen LogP contribution is -2.28. The van der Waals surface area contributed by atoms with Crippen molar-refractivity contribution in [2.75, 3.05) is 11.1 Å². The summed E-state index contributed by atoms with van der Waals surface area (Å²) in [6.45, 7) is 2.21. The molecule has 5 heteroatoms. The molecule has 0 amide bonds. The molecule has 0 aromatic carbocycles. The molecule has 1 aliphatic rings. The van der Waals surface area contributed by atoms with E-state index >= 15 is 0 Å². The molecule has 5 nitrogen and oxygen atoms in total. The Kier molecular flexibility index (Phi) is 4.24. The number of aromatic carboxylic acids is 1. The molecule has 1 aromatic heterocycles. The van der Waals surface area contributed by atoms with Crippen molar-refractivity contribution in [2.24, 2.45) is 5.92 Å². The van der Waals surface area contributed by atoms with Gasteiger partial charge in [-0.2, -0.15) is 0 Å². The summed E-state index contributed by atoms with van der Waals surface area (Å²) in [6, 6.07) is 3.37. The van der Waals surface area contributed by atoms with Crippen molar-refractivity contribution in [1.29, 1.82) is 0 Å². The van der Waals surface area contributed by atoms with Crippen molar-refractivity contribution >= 4 is 17.5 Å². The summed E-state index contributed by atoms with van der Waals surface area (Å²) in [5, 5.41) is 12.3. The summed E-state index contributed by atoms with van der Waals surface area (Å²) >= 11 is 0. The van der Waals surface area contributed by atoms with Crippen molar-refractivity contribution in [3.8, 4) is 0 Å². The van der Waals surface area contributed by atoms with Gasteiger partial charge in [0.25, 0.3) is 0 Å². The van der Waals surface area contributed by atoms with E-state index in [1.165, 1.54) is 25.3 Å². The maximum absolute atomic E-state index is 10.9. The van der Waals surface area contributed by atoms with Crippen LogP contribution >= 0.6 is 0 Å². The van der Waals surface area contributed by atoms with Gasteiger partial charge in [0.05, 0.1) is 5.69 Å². The fourth-order valence-electron chi connectivity index (χ4n) is 2.69. The van der Waals surface area contributed by atoms with Crippen molar-refractivity contribution in [3.63, 3.8) is 0 Å². The van der Waals surface area contributed by atoms with E-state index in [2.05, 4.69) is 17.2 Å². The lowest BCUT2D eigenvalue weighted by atomic mass is 9.84. The number of aromatic nitrogens is 1. The maximum atomic E-state index is 10.9. The van der Waals surface area contributed by atoms with E-state index in [1.54, 1.807) is 6.07 Å². The second-order valence-corrected chi connectivity index (χ2v) is 5.22. The molecule has 0 spiro atoms. The maximum Gasteiger partial charge on any atom is 0.354 e. The molecule has 1 aromatic rings. The van der Waals surface area contributed by atoms with Crippen molar-refractivity contribution in [2.45, 2.75) is 45.1 Å². The summed E-state index contributed by atoms with van der Waals surface area (Å²) in [7, 11) is 0. The van der Waals surface area contributed by atoms with Crippen molar-refractivity contribution in [3.05, 3.63) is 17.8 Å². The van der Waals surface area contributed by atoms with E-state index in [1.807, 2.05) is 0 Å².